The largest absolute Gasteiger partial charge is 0.339 e. The lowest BCUT2D eigenvalue weighted by molar-refractivity contribution is 0.0742. The van der Waals surface area contributed by atoms with E-state index in [0.717, 1.165) is 25.9 Å². The van der Waals surface area contributed by atoms with Crippen molar-refractivity contribution in [1.29, 1.82) is 0 Å². The number of hydrogen-bond acceptors (Lipinski definition) is 3. The first-order chi connectivity index (χ1) is 9.96. The fraction of sp³-hybridized carbons (Fsp3) is 0.562. The Labute approximate surface area is 127 Å². The van der Waals surface area contributed by atoms with E-state index in [-0.39, 0.29) is 5.91 Å². The van der Waals surface area contributed by atoms with Crippen molar-refractivity contribution in [3.05, 3.63) is 29.8 Å². The predicted molar refractivity (Wildman–Crippen MR) is 87.5 cm³/mol. The summed E-state index contributed by atoms with van der Waals surface area (Å²) >= 11 is 0. The van der Waals surface area contributed by atoms with Gasteiger partial charge in [0.25, 0.3) is 5.91 Å². The molecule has 0 unspecified atom stereocenters. The van der Waals surface area contributed by atoms with Gasteiger partial charge in [0.15, 0.2) is 0 Å². The molecule has 1 heterocycles. The first-order valence-corrected chi connectivity index (χ1v) is 9.85. The molecule has 116 valence electrons. The van der Waals surface area contributed by atoms with Crippen molar-refractivity contribution < 1.29 is 9.00 Å². The summed E-state index contributed by atoms with van der Waals surface area (Å²) in [5.41, 5.74) is 1.25. The van der Waals surface area contributed by atoms with Crippen molar-refractivity contribution in [2.45, 2.75) is 32.1 Å². The maximum absolute atomic E-state index is 12.6. The van der Waals surface area contributed by atoms with E-state index >= 15 is 0 Å². The molecule has 1 aromatic rings. The molecule has 0 bridgehead atoms. The van der Waals surface area contributed by atoms with Crippen molar-refractivity contribution in [3.63, 3.8) is 0 Å². The van der Waals surface area contributed by atoms with Gasteiger partial charge >= 0.3 is 0 Å². The summed E-state index contributed by atoms with van der Waals surface area (Å²) in [4.78, 5) is 14.5. The van der Waals surface area contributed by atoms with Crippen LogP contribution >= 0.6 is 0 Å². The van der Waals surface area contributed by atoms with Crippen LogP contribution in [0.5, 0.6) is 0 Å². The van der Waals surface area contributed by atoms with Gasteiger partial charge in [-0.05, 0) is 31.0 Å². The monoisotopic (exact) mass is 308 g/mol. The van der Waals surface area contributed by atoms with Gasteiger partial charge in [-0.2, -0.15) is 4.36 Å². The van der Waals surface area contributed by atoms with Crippen LogP contribution in [0.3, 0.4) is 0 Å². The third-order valence-corrected chi connectivity index (χ3v) is 4.21. The van der Waals surface area contributed by atoms with Crippen LogP contribution in [0.15, 0.2) is 28.6 Å². The number of carbonyl (C=O) groups excluding carboxylic acids is 1. The molecule has 0 saturated carbocycles. The summed E-state index contributed by atoms with van der Waals surface area (Å²) in [6.07, 6.45) is 9.03. The fourth-order valence-electron chi connectivity index (χ4n) is 2.58. The Bertz CT molecular complexity index is 602. The predicted octanol–water partition coefficient (Wildman–Crippen LogP) is 3.45. The third-order valence-electron chi connectivity index (χ3n) is 3.56. The van der Waals surface area contributed by atoms with Crippen LogP contribution in [0.2, 0.25) is 0 Å². The normalized spacial score (nSPS) is 17.0. The molecule has 0 aliphatic carbocycles. The molecule has 0 spiro atoms. The molecule has 1 amide bonds. The molecular weight excluding hydrogens is 284 g/mol. The summed E-state index contributed by atoms with van der Waals surface area (Å²) in [5.74, 6) is 0.0626. The fourth-order valence-corrected chi connectivity index (χ4v) is 3.20. The molecule has 4 nitrogen and oxygen atoms in total. The quantitative estimate of drug-likeness (QED) is 0.840. The second kappa shape index (κ2) is 7.07. The van der Waals surface area contributed by atoms with E-state index in [2.05, 4.69) is 4.36 Å². The van der Waals surface area contributed by atoms with Crippen molar-refractivity contribution in [2.24, 2.45) is 4.36 Å². The van der Waals surface area contributed by atoms with Crippen molar-refractivity contribution >= 4 is 21.3 Å². The molecule has 0 atom stereocenters. The number of rotatable bonds is 2. The molecule has 2 rings (SSSR count). The van der Waals surface area contributed by atoms with Crippen LogP contribution in [-0.2, 0) is 9.73 Å². The van der Waals surface area contributed by atoms with E-state index in [9.17, 15) is 9.00 Å². The smallest absolute Gasteiger partial charge is 0.253 e. The summed E-state index contributed by atoms with van der Waals surface area (Å²) in [6, 6.07) is 7.15. The number of carbonyl (C=O) groups is 1. The van der Waals surface area contributed by atoms with Crippen LogP contribution in [0.25, 0.3) is 0 Å². The first kappa shape index (κ1) is 16.0. The Kier molecular flexibility index (Phi) is 5.39. The maximum Gasteiger partial charge on any atom is 0.253 e. The highest BCUT2D eigenvalue weighted by atomic mass is 32.2. The zero-order valence-corrected chi connectivity index (χ0v) is 13.7. The minimum atomic E-state index is -2.21. The highest BCUT2D eigenvalue weighted by Gasteiger charge is 2.16. The van der Waals surface area contributed by atoms with Gasteiger partial charge in [-0.1, -0.05) is 25.3 Å². The molecule has 5 heteroatoms. The number of benzene rings is 1. The van der Waals surface area contributed by atoms with Gasteiger partial charge in [0, 0.05) is 40.9 Å². The maximum atomic E-state index is 12.6. The lowest BCUT2D eigenvalue weighted by atomic mass is 10.1. The van der Waals surface area contributed by atoms with Gasteiger partial charge in [0.05, 0.1) is 5.69 Å². The van der Waals surface area contributed by atoms with Gasteiger partial charge in [0.1, 0.15) is 0 Å². The Balaban J connectivity index is 2.18. The van der Waals surface area contributed by atoms with Crippen LogP contribution in [0.4, 0.5) is 5.69 Å². The third kappa shape index (κ3) is 5.16. The average Bonchev–Trinajstić information content (AvgIpc) is 2.36. The van der Waals surface area contributed by atoms with Crippen LogP contribution in [0, 0.1) is 0 Å². The molecule has 0 radical (unpaired) electrons. The van der Waals surface area contributed by atoms with Gasteiger partial charge in [-0.25, -0.2) is 4.21 Å². The summed E-state index contributed by atoms with van der Waals surface area (Å²) in [5, 5.41) is 0. The van der Waals surface area contributed by atoms with E-state index in [1.807, 2.05) is 11.0 Å². The number of likely N-dealkylation sites (tertiary alicyclic amines) is 1. The van der Waals surface area contributed by atoms with E-state index in [4.69, 9.17) is 0 Å². The van der Waals surface area contributed by atoms with Crippen molar-refractivity contribution in [3.8, 4) is 0 Å². The topological polar surface area (TPSA) is 49.7 Å². The SMILES string of the molecule is CS(C)(=O)=Nc1cccc(C(=O)N2CCCCCCC2)c1. The molecule has 21 heavy (non-hydrogen) atoms. The highest BCUT2D eigenvalue weighted by molar-refractivity contribution is 7.92. The summed E-state index contributed by atoms with van der Waals surface area (Å²) in [6.45, 7) is 1.66. The molecule has 1 saturated heterocycles. The Morgan fingerprint density at radius 1 is 1.10 bits per heavy atom. The number of nitrogens with zero attached hydrogens (tertiary/aromatic N) is 2. The molecule has 1 aromatic carbocycles. The van der Waals surface area contributed by atoms with Gasteiger partial charge in [0.2, 0.25) is 0 Å². The Morgan fingerprint density at radius 3 is 2.33 bits per heavy atom. The first-order valence-electron chi connectivity index (χ1n) is 7.52. The van der Waals surface area contributed by atoms with Gasteiger partial charge in [-0.3, -0.25) is 4.79 Å². The van der Waals surface area contributed by atoms with Gasteiger partial charge < -0.3 is 4.90 Å². The lowest BCUT2D eigenvalue weighted by Crippen LogP contribution is -2.33. The van der Waals surface area contributed by atoms with E-state index in [0.29, 0.717) is 11.3 Å². The molecule has 0 aromatic heterocycles. The van der Waals surface area contributed by atoms with Crippen LogP contribution in [0.1, 0.15) is 42.5 Å². The minimum absolute atomic E-state index is 0.0626. The van der Waals surface area contributed by atoms with E-state index in [1.54, 1.807) is 30.7 Å². The molecular formula is C16H24N2O2S. The average molecular weight is 308 g/mol. The standard InChI is InChI=1S/C16H24N2O2S/c1-21(2,20)17-15-10-8-9-14(13-15)16(19)18-11-6-4-3-5-7-12-18/h8-10,13H,3-7,11-12H2,1-2H3. The summed E-state index contributed by atoms with van der Waals surface area (Å²) in [7, 11) is -2.21. The second-order valence-electron chi connectivity index (χ2n) is 5.88. The van der Waals surface area contributed by atoms with Crippen LogP contribution < -0.4 is 0 Å². The van der Waals surface area contributed by atoms with E-state index < -0.39 is 9.73 Å². The van der Waals surface area contributed by atoms with Crippen LogP contribution in [-0.4, -0.2) is 40.6 Å². The second-order valence-corrected chi connectivity index (χ2v) is 8.43. The molecule has 1 aliphatic heterocycles. The van der Waals surface area contributed by atoms with Crippen molar-refractivity contribution in [2.75, 3.05) is 25.6 Å². The summed E-state index contributed by atoms with van der Waals surface area (Å²) < 4.78 is 15.9. The number of hydrogen-bond donors (Lipinski definition) is 0. The molecule has 0 N–H and O–H groups in total. The zero-order chi connectivity index (χ0) is 15.3. The molecule has 1 aliphatic rings. The zero-order valence-electron chi connectivity index (χ0n) is 12.9. The Hall–Kier alpha value is -1.36. The minimum Gasteiger partial charge on any atom is -0.339 e. The van der Waals surface area contributed by atoms with Gasteiger partial charge in [-0.15, -0.1) is 0 Å². The highest BCUT2D eigenvalue weighted by Crippen LogP contribution is 2.19. The molecule has 1 fully saturated rings. The lowest BCUT2D eigenvalue weighted by Gasteiger charge is -2.24. The Morgan fingerprint density at radius 2 is 1.71 bits per heavy atom. The van der Waals surface area contributed by atoms with E-state index in [1.165, 1.54) is 19.3 Å². The number of amides is 1. The van der Waals surface area contributed by atoms with Crippen molar-refractivity contribution in [1.82, 2.24) is 4.90 Å².